The summed E-state index contributed by atoms with van der Waals surface area (Å²) < 4.78 is 9.35. The average molecular weight is 228 g/mol. The Hall–Kier alpha value is 2.46. The zero-order chi connectivity index (χ0) is 8.57. The van der Waals surface area contributed by atoms with E-state index in [4.69, 9.17) is 15.0 Å². The quantitative estimate of drug-likeness (QED) is 0.346. The molecule has 0 saturated heterocycles. The fourth-order valence-corrected chi connectivity index (χ4v) is 0.0962. The predicted molar refractivity (Wildman–Crippen MR) is 28.9 cm³/mol. The number of carbonyl (C=O) groups excluding carboxylic acids is 1. The minimum absolute atomic E-state index is 0. The van der Waals surface area contributed by atoms with Gasteiger partial charge in [0.25, 0.3) is 0 Å². The molecule has 0 unspecified atom stereocenters. The molecule has 0 spiro atoms. The van der Waals surface area contributed by atoms with Crippen LogP contribution in [0.1, 0.15) is 6.92 Å². The number of hydrogen-bond acceptors (Lipinski definition) is 5. The van der Waals surface area contributed by atoms with Crippen molar-refractivity contribution in [3.63, 3.8) is 0 Å². The monoisotopic (exact) mass is 228 g/mol. The van der Waals surface area contributed by atoms with Crippen molar-refractivity contribution in [2.45, 2.75) is 13.2 Å². The molecule has 0 amide bonds. The van der Waals surface area contributed by atoms with Crippen LogP contribution < -0.4 is 113 Å². The molecule has 0 saturated carbocycles. The molecule has 0 rings (SSSR count). The Morgan fingerprint density at radius 3 is 1.33 bits per heavy atom. The van der Waals surface area contributed by atoms with E-state index < -0.39 is 6.16 Å². The molecule has 0 aromatic carbocycles. The van der Waals surface area contributed by atoms with Crippen LogP contribution in [0.3, 0.4) is 0 Å². The number of rotatable bonds is 2. The van der Waals surface area contributed by atoms with Gasteiger partial charge in [0, 0.05) is 14.2 Å². The summed E-state index contributed by atoms with van der Waals surface area (Å²) in [6.07, 6.45) is -2.40. The molecule has 0 aliphatic rings. The first-order chi connectivity index (χ1) is 4.54. The number of carbonyl (C=O) groups is 1. The SMILES string of the molecule is COC(C)OC.O=C([O-])[O-].[K+].[K+]. The molecule has 0 fully saturated rings. The van der Waals surface area contributed by atoms with Crippen LogP contribution in [-0.4, -0.2) is 26.7 Å². The summed E-state index contributed by atoms with van der Waals surface area (Å²) in [6, 6.07) is 0. The van der Waals surface area contributed by atoms with Gasteiger partial charge in [0.15, 0.2) is 6.29 Å². The molecule has 0 aliphatic heterocycles. The van der Waals surface area contributed by atoms with Gasteiger partial charge in [0.05, 0.1) is 0 Å². The third-order valence-electron chi connectivity index (χ3n) is 0.664. The summed E-state index contributed by atoms with van der Waals surface area (Å²) in [4.78, 5) is 8.33. The summed E-state index contributed by atoms with van der Waals surface area (Å²) >= 11 is 0. The molecule has 0 heterocycles. The van der Waals surface area contributed by atoms with E-state index in [2.05, 4.69) is 9.47 Å². The van der Waals surface area contributed by atoms with E-state index in [1.165, 1.54) is 0 Å². The average Bonchev–Trinajstić information content (AvgIpc) is 1.85. The van der Waals surface area contributed by atoms with Crippen molar-refractivity contribution in [1.82, 2.24) is 0 Å². The molecule has 0 aromatic heterocycles. The van der Waals surface area contributed by atoms with Crippen molar-refractivity contribution in [1.29, 1.82) is 0 Å². The first kappa shape index (κ1) is 23.9. The molecule has 5 nitrogen and oxygen atoms in total. The Balaban J connectivity index is -0.0000000483. The van der Waals surface area contributed by atoms with Crippen LogP contribution in [0, 0.1) is 0 Å². The van der Waals surface area contributed by atoms with E-state index in [0.29, 0.717) is 0 Å². The zero-order valence-corrected chi connectivity index (χ0v) is 14.4. The molecule has 0 N–H and O–H groups in total. The van der Waals surface area contributed by atoms with E-state index >= 15 is 0 Å². The van der Waals surface area contributed by atoms with Crippen molar-refractivity contribution in [3.05, 3.63) is 0 Å². The minimum atomic E-state index is -2.33. The second-order valence-electron chi connectivity index (χ2n) is 1.29. The van der Waals surface area contributed by atoms with Gasteiger partial charge >= 0.3 is 103 Å². The first-order valence-electron chi connectivity index (χ1n) is 2.48. The summed E-state index contributed by atoms with van der Waals surface area (Å²) in [5.41, 5.74) is 0. The van der Waals surface area contributed by atoms with E-state index in [9.17, 15) is 0 Å². The maximum Gasteiger partial charge on any atom is 1.00 e. The number of carboxylic acid groups (broad SMARTS) is 2. The standard InChI is InChI=1S/C4H10O2.CH2O3.2K/c1-4(5-2)6-3;2-1(3)4;;/h4H,1-3H3;(H2,2,3,4);;/q;;2*+1/p-2. The number of hydrogen-bond donors (Lipinski definition) is 0. The molecule has 0 bridgehead atoms. The predicted octanol–water partition coefficient (Wildman–Crippen LogP) is -7.81. The maximum atomic E-state index is 8.33. The van der Waals surface area contributed by atoms with Crippen LogP contribution in [0.15, 0.2) is 0 Å². The normalized spacial score (nSPS) is 7.00. The fraction of sp³-hybridized carbons (Fsp3) is 0.800. The van der Waals surface area contributed by atoms with Gasteiger partial charge in [-0.25, -0.2) is 0 Å². The van der Waals surface area contributed by atoms with Crippen LogP contribution in [0.25, 0.3) is 0 Å². The van der Waals surface area contributed by atoms with Crippen molar-refractivity contribution >= 4 is 6.16 Å². The molecular weight excluding hydrogens is 218 g/mol. The Bertz CT molecular complexity index is 81.9. The molecule has 0 radical (unpaired) electrons. The molecule has 12 heavy (non-hydrogen) atoms. The Kier molecular flexibility index (Phi) is 38.1. The summed E-state index contributed by atoms with van der Waals surface area (Å²) in [5.74, 6) is 0. The molecule has 7 heteroatoms. The van der Waals surface area contributed by atoms with Crippen LogP contribution in [0.4, 0.5) is 4.79 Å². The van der Waals surface area contributed by atoms with Crippen molar-refractivity contribution in [2.24, 2.45) is 0 Å². The van der Waals surface area contributed by atoms with Crippen LogP contribution >= 0.6 is 0 Å². The van der Waals surface area contributed by atoms with Gasteiger partial charge in [-0.2, -0.15) is 0 Å². The van der Waals surface area contributed by atoms with Gasteiger partial charge < -0.3 is 24.5 Å². The van der Waals surface area contributed by atoms with Crippen LogP contribution in [-0.2, 0) is 9.47 Å². The van der Waals surface area contributed by atoms with E-state index in [-0.39, 0.29) is 109 Å². The zero-order valence-electron chi connectivity index (χ0n) is 8.12. The van der Waals surface area contributed by atoms with Crippen molar-refractivity contribution < 1.29 is 127 Å². The maximum absolute atomic E-state index is 8.33. The van der Waals surface area contributed by atoms with E-state index in [1.807, 2.05) is 6.92 Å². The van der Waals surface area contributed by atoms with Gasteiger partial charge in [0.2, 0.25) is 0 Å². The van der Waals surface area contributed by atoms with E-state index in [1.54, 1.807) is 14.2 Å². The van der Waals surface area contributed by atoms with Crippen LogP contribution in [0.2, 0.25) is 0 Å². The largest absolute Gasteiger partial charge is 1.00 e. The van der Waals surface area contributed by atoms with E-state index in [0.717, 1.165) is 0 Å². The van der Waals surface area contributed by atoms with Crippen molar-refractivity contribution in [2.75, 3.05) is 14.2 Å². The van der Waals surface area contributed by atoms with Gasteiger partial charge in [-0.1, -0.05) is 0 Å². The first-order valence-corrected chi connectivity index (χ1v) is 2.48. The van der Waals surface area contributed by atoms with Gasteiger partial charge in [0.1, 0.15) is 0 Å². The second kappa shape index (κ2) is 19.1. The molecule has 0 aromatic rings. The van der Waals surface area contributed by atoms with Crippen LogP contribution in [0.5, 0.6) is 0 Å². The Labute approximate surface area is 157 Å². The van der Waals surface area contributed by atoms with Gasteiger partial charge in [-0.05, 0) is 13.1 Å². The summed E-state index contributed by atoms with van der Waals surface area (Å²) in [5, 5.41) is 16.7. The molecule has 0 atom stereocenters. The number of methoxy groups -OCH3 is 2. The molecule has 62 valence electrons. The summed E-state index contributed by atoms with van der Waals surface area (Å²) in [7, 11) is 3.21. The Morgan fingerprint density at radius 2 is 1.33 bits per heavy atom. The summed E-state index contributed by atoms with van der Waals surface area (Å²) in [6.45, 7) is 1.83. The Morgan fingerprint density at radius 1 is 1.17 bits per heavy atom. The second-order valence-corrected chi connectivity index (χ2v) is 1.29. The third-order valence-corrected chi connectivity index (χ3v) is 0.664. The van der Waals surface area contributed by atoms with Gasteiger partial charge in [-0.3, -0.25) is 0 Å². The topological polar surface area (TPSA) is 81.7 Å². The minimum Gasteiger partial charge on any atom is -0.652 e. The van der Waals surface area contributed by atoms with Crippen molar-refractivity contribution in [3.8, 4) is 0 Å². The fourth-order valence-electron chi connectivity index (χ4n) is 0.0962. The molecule has 0 aliphatic carbocycles. The smallest absolute Gasteiger partial charge is 0.652 e. The number of ether oxygens (including phenoxy) is 2. The van der Waals surface area contributed by atoms with Gasteiger partial charge in [-0.15, -0.1) is 0 Å². The third kappa shape index (κ3) is 39.2. The molecular formula is C5H10K2O5.